The number of nitrogens with zero attached hydrogens (tertiary/aromatic N) is 3. The first-order valence-electron chi connectivity index (χ1n) is 6.70. The van der Waals surface area contributed by atoms with Gasteiger partial charge in [0.1, 0.15) is 11.4 Å². The fourth-order valence-electron chi connectivity index (χ4n) is 2.24. The molecule has 0 spiro atoms. The lowest BCUT2D eigenvalue weighted by Gasteiger charge is -2.16. The Morgan fingerprint density at radius 2 is 2.22 bits per heavy atom. The van der Waals surface area contributed by atoms with Crippen LogP contribution in [0.5, 0.6) is 0 Å². The van der Waals surface area contributed by atoms with Gasteiger partial charge in [-0.3, -0.25) is 9.36 Å². The number of furan rings is 1. The molecule has 0 aliphatic heterocycles. The van der Waals surface area contributed by atoms with Gasteiger partial charge in [-0.05, 0) is 24.3 Å². The van der Waals surface area contributed by atoms with E-state index in [1.165, 1.54) is 24.3 Å². The molecule has 0 aliphatic rings. The Hall–Kier alpha value is -2.41. The largest absolute Gasteiger partial charge is 0.451 e. The molecule has 2 heterocycles. The molecule has 5 nitrogen and oxygen atoms in total. The van der Waals surface area contributed by atoms with Gasteiger partial charge in [-0.25, -0.2) is 4.98 Å². The molecule has 0 unspecified atom stereocenters. The quantitative estimate of drug-likeness (QED) is 0.723. The topological polar surface area (TPSA) is 51.3 Å². The van der Waals surface area contributed by atoms with Gasteiger partial charge in [0.05, 0.1) is 6.54 Å². The minimum atomic E-state index is -2.70. The lowest BCUT2D eigenvalue weighted by molar-refractivity contribution is 0.0605. The van der Waals surface area contributed by atoms with E-state index in [1.54, 1.807) is 24.3 Å². The summed E-state index contributed by atoms with van der Waals surface area (Å²) in [6, 6.07) is 6.57. The summed E-state index contributed by atoms with van der Waals surface area (Å²) in [5.41, 5.74) is 0.528. The minimum Gasteiger partial charge on any atom is -0.451 e. The number of fused-ring (bicyclic) bond motifs is 1. The van der Waals surface area contributed by atoms with E-state index in [1.807, 2.05) is 0 Å². The zero-order chi connectivity index (χ0) is 16.6. The average molecular weight is 340 g/mol. The van der Waals surface area contributed by atoms with Gasteiger partial charge in [-0.2, -0.15) is 8.78 Å². The molecular formula is C15H12ClF2N3O2. The van der Waals surface area contributed by atoms with Gasteiger partial charge in [0.25, 0.3) is 5.91 Å². The normalized spacial score (nSPS) is 11.3. The number of carbonyl (C=O) groups excluding carboxylic acids is 1. The Morgan fingerprint density at radius 1 is 1.43 bits per heavy atom. The highest BCUT2D eigenvalue weighted by Crippen LogP contribution is 2.24. The summed E-state index contributed by atoms with van der Waals surface area (Å²) < 4.78 is 31.8. The molecule has 0 fully saturated rings. The van der Waals surface area contributed by atoms with Gasteiger partial charge >= 0.3 is 6.55 Å². The molecule has 0 saturated heterocycles. The monoisotopic (exact) mass is 339 g/mol. The fourth-order valence-corrected chi connectivity index (χ4v) is 2.42. The zero-order valence-corrected chi connectivity index (χ0v) is 12.8. The highest BCUT2D eigenvalue weighted by atomic mass is 35.5. The maximum Gasteiger partial charge on any atom is 0.319 e. The standard InChI is InChI=1S/C15H12ClF2N3O2/c1-20(8-13-19-4-5-21(13)15(17)18)14(22)12-7-9-6-10(16)2-3-11(9)23-12/h2-7,15H,8H2,1H3. The van der Waals surface area contributed by atoms with Crippen LogP contribution in [0, 0.1) is 0 Å². The van der Waals surface area contributed by atoms with Crippen LogP contribution in [0.15, 0.2) is 41.1 Å². The molecule has 0 N–H and O–H groups in total. The molecule has 0 atom stereocenters. The van der Waals surface area contributed by atoms with E-state index >= 15 is 0 Å². The first-order valence-corrected chi connectivity index (χ1v) is 7.08. The predicted octanol–water partition coefficient (Wildman–Crippen LogP) is 3.95. The predicted molar refractivity (Wildman–Crippen MR) is 80.5 cm³/mol. The summed E-state index contributed by atoms with van der Waals surface area (Å²) in [5.74, 6) is -0.226. The van der Waals surface area contributed by atoms with Gasteiger partial charge in [0, 0.05) is 29.9 Å². The molecule has 1 aromatic carbocycles. The summed E-state index contributed by atoms with van der Waals surface area (Å²) in [4.78, 5) is 17.5. The summed E-state index contributed by atoms with van der Waals surface area (Å²) >= 11 is 5.89. The number of amides is 1. The van der Waals surface area contributed by atoms with Crippen LogP contribution in [0.4, 0.5) is 8.78 Å². The molecule has 3 aromatic rings. The molecule has 23 heavy (non-hydrogen) atoms. The summed E-state index contributed by atoms with van der Waals surface area (Å²) in [5, 5.41) is 1.23. The van der Waals surface area contributed by atoms with Crippen molar-refractivity contribution < 1.29 is 18.0 Å². The van der Waals surface area contributed by atoms with Crippen LogP contribution in [0.1, 0.15) is 22.9 Å². The highest BCUT2D eigenvalue weighted by molar-refractivity contribution is 6.31. The van der Waals surface area contributed by atoms with Crippen LogP contribution < -0.4 is 0 Å². The Balaban J connectivity index is 1.82. The van der Waals surface area contributed by atoms with Crippen molar-refractivity contribution in [2.45, 2.75) is 13.1 Å². The van der Waals surface area contributed by atoms with Crippen molar-refractivity contribution in [3.8, 4) is 0 Å². The van der Waals surface area contributed by atoms with E-state index in [0.29, 0.717) is 20.6 Å². The third-order valence-electron chi connectivity index (χ3n) is 3.37. The number of carbonyl (C=O) groups is 1. The zero-order valence-electron chi connectivity index (χ0n) is 12.0. The lowest BCUT2D eigenvalue weighted by atomic mass is 10.2. The van der Waals surface area contributed by atoms with E-state index in [2.05, 4.69) is 4.98 Å². The van der Waals surface area contributed by atoms with Gasteiger partial charge in [-0.1, -0.05) is 11.6 Å². The Kier molecular flexibility index (Phi) is 4.04. The van der Waals surface area contributed by atoms with E-state index < -0.39 is 12.5 Å². The van der Waals surface area contributed by atoms with Crippen LogP contribution >= 0.6 is 11.6 Å². The number of alkyl halides is 2. The van der Waals surface area contributed by atoms with Crippen LogP contribution in [0.25, 0.3) is 11.0 Å². The first-order chi connectivity index (χ1) is 11.0. The van der Waals surface area contributed by atoms with Crippen LogP contribution in [-0.2, 0) is 6.54 Å². The molecule has 120 valence electrons. The van der Waals surface area contributed by atoms with Crippen molar-refractivity contribution in [3.05, 3.63) is 53.3 Å². The maximum atomic E-state index is 12.8. The van der Waals surface area contributed by atoms with Gasteiger partial charge in [0.2, 0.25) is 0 Å². The smallest absolute Gasteiger partial charge is 0.319 e. The van der Waals surface area contributed by atoms with Gasteiger partial charge in [0.15, 0.2) is 5.76 Å². The number of halogens is 3. The molecule has 8 heteroatoms. The Labute approximate surface area is 135 Å². The summed E-state index contributed by atoms with van der Waals surface area (Å²) in [6.07, 6.45) is 2.44. The second-order valence-corrected chi connectivity index (χ2v) is 5.42. The third-order valence-corrected chi connectivity index (χ3v) is 3.61. The van der Waals surface area contributed by atoms with Crippen molar-refractivity contribution >= 4 is 28.5 Å². The molecular weight excluding hydrogens is 328 g/mol. The van der Waals surface area contributed by atoms with E-state index in [4.69, 9.17) is 16.0 Å². The maximum absolute atomic E-state index is 12.8. The van der Waals surface area contributed by atoms with Gasteiger partial charge < -0.3 is 9.32 Å². The molecule has 3 rings (SSSR count). The number of aromatic nitrogens is 2. The third kappa shape index (κ3) is 3.05. The number of hydrogen-bond acceptors (Lipinski definition) is 3. The lowest BCUT2D eigenvalue weighted by Crippen LogP contribution is -2.27. The molecule has 0 saturated carbocycles. The van der Waals surface area contributed by atoms with Crippen LogP contribution in [-0.4, -0.2) is 27.4 Å². The number of imidazole rings is 1. The second-order valence-electron chi connectivity index (χ2n) is 4.98. The Bertz CT molecular complexity index is 859. The molecule has 0 bridgehead atoms. The van der Waals surface area contributed by atoms with Crippen molar-refractivity contribution in [2.75, 3.05) is 7.05 Å². The van der Waals surface area contributed by atoms with E-state index in [0.717, 1.165) is 0 Å². The van der Waals surface area contributed by atoms with Crippen LogP contribution in [0.2, 0.25) is 5.02 Å². The SMILES string of the molecule is CN(Cc1nccn1C(F)F)C(=O)c1cc2cc(Cl)ccc2o1. The summed E-state index contributed by atoms with van der Waals surface area (Å²) in [7, 11) is 1.49. The Morgan fingerprint density at radius 3 is 2.96 bits per heavy atom. The van der Waals surface area contributed by atoms with E-state index in [9.17, 15) is 13.6 Å². The first kappa shape index (κ1) is 15.5. The van der Waals surface area contributed by atoms with Crippen molar-refractivity contribution in [1.29, 1.82) is 0 Å². The second kappa shape index (κ2) is 6.00. The molecule has 2 aromatic heterocycles. The molecule has 0 aliphatic carbocycles. The highest BCUT2D eigenvalue weighted by Gasteiger charge is 2.20. The fraction of sp³-hybridized carbons (Fsp3) is 0.200. The minimum absolute atomic E-state index is 0.0615. The number of benzene rings is 1. The molecule has 0 radical (unpaired) electrons. The van der Waals surface area contributed by atoms with Crippen molar-refractivity contribution in [3.63, 3.8) is 0 Å². The van der Waals surface area contributed by atoms with Crippen LogP contribution in [0.3, 0.4) is 0 Å². The summed E-state index contributed by atoms with van der Waals surface area (Å²) in [6.45, 7) is -2.77. The van der Waals surface area contributed by atoms with Crippen molar-refractivity contribution in [2.24, 2.45) is 0 Å². The van der Waals surface area contributed by atoms with Crippen molar-refractivity contribution in [1.82, 2.24) is 14.5 Å². The van der Waals surface area contributed by atoms with E-state index in [-0.39, 0.29) is 18.1 Å². The molecule has 1 amide bonds. The average Bonchev–Trinajstić information content (AvgIpc) is 3.12. The number of hydrogen-bond donors (Lipinski definition) is 0. The number of rotatable bonds is 4. The van der Waals surface area contributed by atoms with Gasteiger partial charge in [-0.15, -0.1) is 0 Å².